The fraction of sp³-hybridized carbons (Fsp3) is 0.222. The summed E-state index contributed by atoms with van der Waals surface area (Å²) < 4.78 is 21.4. The van der Waals surface area contributed by atoms with Crippen molar-refractivity contribution in [1.29, 1.82) is 0 Å². The molecule has 0 aliphatic heterocycles. The Bertz CT molecular complexity index is 557. The third-order valence-corrected chi connectivity index (χ3v) is 2.84. The van der Waals surface area contributed by atoms with E-state index < -0.39 is 10.0 Å². The van der Waals surface area contributed by atoms with Crippen molar-refractivity contribution >= 4 is 27.0 Å². The minimum absolute atomic E-state index is 0.121. The van der Waals surface area contributed by atoms with Gasteiger partial charge in [-0.15, -0.1) is 0 Å². The summed E-state index contributed by atoms with van der Waals surface area (Å²) in [6.45, 7) is 0.235. The van der Waals surface area contributed by atoms with Gasteiger partial charge in [-0.05, 0) is 12.1 Å². The Labute approximate surface area is 92.9 Å². The molecule has 0 bridgehead atoms. The fourth-order valence-electron chi connectivity index (χ4n) is 1.35. The van der Waals surface area contributed by atoms with Gasteiger partial charge in [0.05, 0.1) is 16.8 Å². The van der Waals surface area contributed by atoms with Crippen molar-refractivity contribution in [2.45, 2.75) is 0 Å². The maximum atomic E-state index is 10.7. The number of H-pyrrole nitrogens is 1. The molecule has 16 heavy (non-hydrogen) atoms. The van der Waals surface area contributed by atoms with Crippen LogP contribution >= 0.6 is 0 Å². The lowest BCUT2D eigenvalue weighted by molar-refractivity contribution is 0.598. The molecule has 2 aromatic rings. The average molecular weight is 240 g/mol. The zero-order valence-electron chi connectivity index (χ0n) is 8.47. The second-order valence-electron chi connectivity index (χ2n) is 3.40. The zero-order chi connectivity index (χ0) is 11.6. The summed E-state index contributed by atoms with van der Waals surface area (Å²) in [6, 6.07) is 7.55. The number of fused-ring (bicyclic) bond motifs is 1. The van der Waals surface area contributed by atoms with E-state index in [1.807, 2.05) is 24.3 Å². The van der Waals surface area contributed by atoms with Crippen LogP contribution in [0.25, 0.3) is 11.0 Å². The Morgan fingerprint density at radius 1 is 1.38 bits per heavy atom. The zero-order valence-corrected chi connectivity index (χ0v) is 9.29. The van der Waals surface area contributed by atoms with E-state index in [0.29, 0.717) is 5.95 Å². The van der Waals surface area contributed by atoms with E-state index in [9.17, 15) is 8.42 Å². The molecule has 2 rings (SSSR count). The van der Waals surface area contributed by atoms with Crippen molar-refractivity contribution in [3.8, 4) is 0 Å². The van der Waals surface area contributed by atoms with Gasteiger partial charge in [-0.3, -0.25) is 0 Å². The topological polar surface area (TPSA) is 101 Å². The lowest BCUT2D eigenvalue weighted by Crippen LogP contribution is -2.22. The lowest BCUT2D eigenvalue weighted by Gasteiger charge is -1.99. The van der Waals surface area contributed by atoms with Crippen LogP contribution in [-0.2, 0) is 10.0 Å². The Kier molecular flexibility index (Phi) is 2.80. The van der Waals surface area contributed by atoms with Crippen LogP contribution in [0.4, 0.5) is 5.95 Å². The van der Waals surface area contributed by atoms with Crippen LogP contribution in [0.5, 0.6) is 0 Å². The number of rotatable bonds is 4. The molecule has 86 valence electrons. The number of nitrogens with zero attached hydrogens (tertiary/aromatic N) is 1. The Balaban J connectivity index is 2.05. The van der Waals surface area contributed by atoms with Crippen molar-refractivity contribution < 1.29 is 8.42 Å². The minimum atomic E-state index is -3.43. The second kappa shape index (κ2) is 4.11. The quantitative estimate of drug-likeness (QED) is 0.713. The molecule has 0 saturated heterocycles. The number of hydrogen-bond donors (Lipinski definition) is 3. The summed E-state index contributed by atoms with van der Waals surface area (Å²) in [7, 11) is -3.43. The molecule has 1 aromatic heterocycles. The van der Waals surface area contributed by atoms with Crippen molar-refractivity contribution in [2.75, 3.05) is 17.6 Å². The molecule has 0 saturated carbocycles. The van der Waals surface area contributed by atoms with Gasteiger partial charge < -0.3 is 10.3 Å². The summed E-state index contributed by atoms with van der Waals surface area (Å²) in [6.07, 6.45) is 0. The normalized spacial score (nSPS) is 11.8. The predicted octanol–water partition coefficient (Wildman–Crippen LogP) is 0.263. The monoisotopic (exact) mass is 240 g/mol. The van der Waals surface area contributed by atoms with Gasteiger partial charge >= 0.3 is 0 Å². The molecular formula is C9H12N4O2S. The van der Waals surface area contributed by atoms with Crippen LogP contribution < -0.4 is 10.5 Å². The van der Waals surface area contributed by atoms with Crippen molar-refractivity contribution in [2.24, 2.45) is 5.14 Å². The number of imidazole rings is 1. The number of benzene rings is 1. The number of primary sulfonamides is 1. The molecule has 0 atom stereocenters. The SMILES string of the molecule is NS(=O)(=O)CCNc1nc2ccccc2[nH]1. The number of hydrogen-bond acceptors (Lipinski definition) is 4. The van der Waals surface area contributed by atoms with Crippen molar-refractivity contribution in [1.82, 2.24) is 9.97 Å². The number of sulfonamides is 1. The second-order valence-corrected chi connectivity index (χ2v) is 5.13. The molecule has 0 unspecified atom stereocenters. The Morgan fingerprint density at radius 2 is 2.12 bits per heavy atom. The molecule has 0 radical (unpaired) electrons. The number of nitrogens with two attached hydrogens (primary N) is 1. The van der Waals surface area contributed by atoms with E-state index in [2.05, 4.69) is 15.3 Å². The summed E-state index contributed by atoms with van der Waals surface area (Å²) in [5.41, 5.74) is 1.74. The van der Waals surface area contributed by atoms with Crippen LogP contribution in [0.2, 0.25) is 0 Å². The first-order valence-electron chi connectivity index (χ1n) is 4.74. The summed E-state index contributed by atoms with van der Waals surface area (Å²) >= 11 is 0. The highest BCUT2D eigenvalue weighted by Gasteiger charge is 2.04. The van der Waals surface area contributed by atoms with Gasteiger partial charge in [0.1, 0.15) is 0 Å². The fourth-order valence-corrected chi connectivity index (χ4v) is 1.73. The third kappa shape index (κ3) is 2.71. The van der Waals surface area contributed by atoms with Gasteiger partial charge in [0.25, 0.3) is 0 Å². The molecule has 6 nitrogen and oxygen atoms in total. The average Bonchev–Trinajstić information content (AvgIpc) is 2.57. The standard InChI is InChI=1S/C9H12N4O2S/c10-16(14,15)6-5-11-9-12-7-3-1-2-4-8(7)13-9/h1-4H,5-6H2,(H2,10,14,15)(H2,11,12,13). The minimum Gasteiger partial charge on any atom is -0.355 e. The largest absolute Gasteiger partial charge is 0.355 e. The third-order valence-electron chi connectivity index (χ3n) is 2.07. The molecular weight excluding hydrogens is 228 g/mol. The molecule has 7 heteroatoms. The maximum absolute atomic E-state index is 10.7. The van der Waals surface area contributed by atoms with Gasteiger partial charge in [0.2, 0.25) is 16.0 Å². The van der Waals surface area contributed by atoms with Crippen LogP contribution in [-0.4, -0.2) is 30.7 Å². The number of anilines is 1. The smallest absolute Gasteiger partial charge is 0.210 e. The highest BCUT2D eigenvalue weighted by Crippen LogP contribution is 2.12. The van der Waals surface area contributed by atoms with Crippen LogP contribution in [0.15, 0.2) is 24.3 Å². The maximum Gasteiger partial charge on any atom is 0.210 e. The summed E-state index contributed by atoms with van der Waals surface area (Å²) in [4.78, 5) is 7.25. The molecule has 0 spiro atoms. The number of para-hydroxylation sites is 2. The van der Waals surface area contributed by atoms with Gasteiger partial charge in [-0.2, -0.15) is 0 Å². The van der Waals surface area contributed by atoms with Gasteiger partial charge in [0, 0.05) is 6.54 Å². The lowest BCUT2D eigenvalue weighted by atomic mass is 10.3. The Hall–Kier alpha value is -1.60. The highest BCUT2D eigenvalue weighted by molar-refractivity contribution is 7.89. The van der Waals surface area contributed by atoms with Crippen molar-refractivity contribution in [3.63, 3.8) is 0 Å². The molecule has 0 fully saturated rings. The van der Waals surface area contributed by atoms with E-state index in [0.717, 1.165) is 11.0 Å². The molecule has 0 aliphatic rings. The number of nitrogens with one attached hydrogen (secondary N) is 2. The number of aromatic amines is 1. The van der Waals surface area contributed by atoms with Gasteiger partial charge in [-0.25, -0.2) is 18.5 Å². The van der Waals surface area contributed by atoms with Crippen LogP contribution in [0.3, 0.4) is 0 Å². The summed E-state index contributed by atoms with van der Waals surface area (Å²) in [5.74, 6) is 0.425. The van der Waals surface area contributed by atoms with E-state index in [1.54, 1.807) is 0 Å². The molecule has 0 aliphatic carbocycles. The molecule has 4 N–H and O–H groups in total. The van der Waals surface area contributed by atoms with Crippen LogP contribution in [0.1, 0.15) is 0 Å². The van der Waals surface area contributed by atoms with E-state index >= 15 is 0 Å². The number of aromatic nitrogens is 2. The van der Waals surface area contributed by atoms with E-state index in [4.69, 9.17) is 5.14 Å². The summed E-state index contributed by atoms with van der Waals surface area (Å²) in [5, 5.41) is 7.74. The first-order valence-corrected chi connectivity index (χ1v) is 6.45. The van der Waals surface area contributed by atoms with E-state index in [-0.39, 0.29) is 12.3 Å². The molecule has 1 aromatic carbocycles. The van der Waals surface area contributed by atoms with Crippen LogP contribution in [0, 0.1) is 0 Å². The highest BCUT2D eigenvalue weighted by atomic mass is 32.2. The first kappa shape index (κ1) is 10.9. The first-order chi connectivity index (χ1) is 7.54. The van der Waals surface area contributed by atoms with Gasteiger partial charge in [0.15, 0.2) is 0 Å². The molecule has 1 heterocycles. The predicted molar refractivity (Wildman–Crippen MR) is 62.6 cm³/mol. The molecule has 0 amide bonds. The Morgan fingerprint density at radius 3 is 2.81 bits per heavy atom. The van der Waals surface area contributed by atoms with Crippen molar-refractivity contribution in [3.05, 3.63) is 24.3 Å². The van der Waals surface area contributed by atoms with Gasteiger partial charge in [-0.1, -0.05) is 12.1 Å². The van der Waals surface area contributed by atoms with E-state index in [1.165, 1.54) is 0 Å².